The number of benzene rings is 2. The topological polar surface area (TPSA) is 12.5 Å². The molecule has 2 atom stereocenters. The molecule has 2 nitrogen and oxygen atoms in total. The minimum absolute atomic E-state index is 0.0768. The predicted octanol–water partition coefficient (Wildman–Crippen LogP) is 7.23. The van der Waals surface area contributed by atoms with Crippen LogP contribution >= 0.6 is 0 Å². The summed E-state index contributed by atoms with van der Waals surface area (Å²) in [6.45, 7) is 6.63. The number of ether oxygens (including phenoxy) is 1. The summed E-state index contributed by atoms with van der Waals surface area (Å²) in [5, 5.41) is 0. The fraction of sp³-hybridized carbons (Fsp3) is 0.600. The van der Waals surface area contributed by atoms with Gasteiger partial charge in [-0.2, -0.15) is 0 Å². The van der Waals surface area contributed by atoms with Crippen molar-refractivity contribution in [2.75, 3.05) is 13.2 Å². The van der Waals surface area contributed by atoms with E-state index in [0.29, 0.717) is 5.41 Å². The molecule has 0 radical (unpaired) electrons. The highest BCUT2D eigenvalue weighted by molar-refractivity contribution is 5.17. The van der Waals surface area contributed by atoms with Crippen molar-refractivity contribution in [2.24, 2.45) is 17.3 Å². The van der Waals surface area contributed by atoms with Gasteiger partial charge in [-0.25, -0.2) is 0 Å². The van der Waals surface area contributed by atoms with Crippen molar-refractivity contribution in [2.45, 2.75) is 83.4 Å². The van der Waals surface area contributed by atoms with Gasteiger partial charge in [0.05, 0.1) is 5.60 Å². The summed E-state index contributed by atoms with van der Waals surface area (Å²) in [4.78, 5) is 2.70. The Morgan fingerprint density at radius 1 is 0.844 bits per heavy atom. The fourth-order valence-electron chi connectivity index (χ4n) is 6.20. The molecule has 0 heterocycles. The predicted molar refractivity (Wildman–Crippen MR) is 132 cm³/mol. The highest BCUT2D eigenvalue weighted by Gasteiger charge is 2.54. The molecular weight excluding hydrogens is 390 g/mol. The summed E-state index contributed by atoms with van der Waals surface area (Å²) >= 11 is 0. The molecule has 0 bridgehead atoms. The van der Waals surface area contributed by atoms with Crippen LogP contribution in [-0.4, -0.2) is 23.7 Å². The van der Waals surface area contributed by atoms with Gasteiger partial charge < -0.3 is 4.74 Å². The molecule has 2 unspecified atom stereocenters. The summed E-state index contributed by atoms with van der Waals surface area (Å²) < 4.78 is 6.63. The van der Waals surface area contributed by atoms with Gasteiger partial charge in [-0.3, -0.25) is 4.90 Å². The summed E-state index contributed by atoms with van der Waals surface area (Å²) in [7, 11) is 0. The SMILES string of the molecule is CC1(OCCC2CCC2)CCC2(CC2)C(CN(Cc2ccccc2)Cc2ccccc2)C1. The van der Waals surface area contributed by atoms with E-state index in [1.165, 1.54) is 75.5 Å². The number of hydrogen-bond acceptors (Lipinski definition) is 2. The van der Waals surface area contributed by atoms with Crippen LogP contribution in [0.25, 0.3) is 0 Å². The second-order valence-corrected chi connectivity index (χ2v) is 11.3. The smallest absolute Gasteiger partial charge is 0.0658 e. The summed E-state index contributed by atoms with van der Waals surface area (Å²) in [5.74, 6) is 1.69. The van der Waals surface area contributed by atoms with Gasteiger partial charge in [-0.05, 0) is 73.8 Å². The Labute approximate surface area is 195 Å². The van der Waals surface area contributed by atoms with Gasteiger partial charge in [0.2, 0.25) is 0 Å². The number of hydrogen-bond donors (Lipinski definition) is 0. The second-order valence-electron chi connectivity index (χ2n) is 11.3. The van der Waals surface area contributed by atoms with Gasteiger partial charge >= 0.3 is 0 Å². The van der Waals surface area contributed by atoms with E-state index in [9.17, 15) is 0 Å². The number of nitrogens with zero attached hydrogens (tertiary/aromatic N) is 1. The Morgan fingerprint density at radius 2 is 1.44 bits per heavy atom. The molecule has 0 N–H and O–H groups in total. The van der Waals surface area contributed by atoms with Gasteiger partial charge in [-0.1, -0.05) is 79.9 Å². The first-order valence-electron chi connectivity index (χ1n) is 13.1. The van der Waals surface area contributed by atoms with Crippen molar-refractivity contribution < 1.29 is 4.74 Å². The Morgan fingerprint density at radius 3 is 1.97 bits per heavy atom. The maximum Gasteiger partial charge on any atom is 0.0658 e. The lowest BCUT2D eigenvalue weighted by atomic mass is 9.69. The second kappa shape index (κ2) is 9.69. The van der Waals surface area contributed by atoms with E-state index < -0.39 is 0 Å². The van der Waals surface area contributed by atoms with Crippen LogP contribution in [0.15, 0.2) is 60.7 Å². The van der Waals surface area contributed by atoms with Gasteiger partial charge in [0, 0.05) is 26.2 Å². The van der Waals surface area contributed by atoms with E-state index in [-0.39, 0.29) is 5.60 Å². The van der Waals surface area contributed by atoms with Gasteiger partial charge in [0.25, 0.3) is 0 Å². The van der Waals surface area contributed by atoms with Crippen LogP contribution in [0, 0.1) is 17.3 Å². The summed E-state index contributed by atoms with van der Waals surface area (Å²) in [6, 6.07) is 22.0. The van der Waals surface area contributed by atoms with Crippen molar-refractivity contribution in [1.82, 2.24) is 4.90 Å². The average molecular weight is 432 g/mol. The molecular formula is C30H41NO. The van der Waals surface area contributed by atoms with E-state index in [1.54, 1.807) is 0 Å². The summed E-state index contributed by atoms with van der Waals surface area (Å²) in [6.07, 6.45) is 12.3. The van der Waals surface area contributed by atoms with Gasteiger partial charge in [0.15, 0.2) is 0 Å². The van der Waals surface area contributed by atoms with Gasteiger partial charge in [-0.15, -0.1) is 0 Å². The molecule has 3 saturated carbocycles. The number of rotatable bonds is 10. The van der Waals surface area contributed by atoms with Crippen molar-refractivity contribution in [3.63, 3.8) is 0 Å². The molecule has 172 valence electrons. The molecule has 1 spiro atoms. The Bertz CT molecular complexity index is 800. The van der Waals surface area contributed by atoms with Crippen molar-refractivity contribution in [3.05, 3.63) is 71.8 Å². The quantitative estimate of drug-likeness (QED) is 0.393. The third kappa shape index (κ3) is 5.46. The lowest BCUT2D eigenvalue weighted by Gasteiger charge is -2.45. The average Bonchev–Trinajstić information content (AvgIpc) is 3.55. The first-order valence-corrected chi connectivity index (χ1v) is 13.1. The maximum absolute atomic E-state index is 6.63. The molecule has 0 aliphatic heterocycles. The van der Waals surface area contributed by atoms with E-state index in [1.807, 2.05) is 0 Å². The van der Waals surface area contributed by atoms with Crippen LogP contribution in [0.2, 0.25) is 0 Å². The molecule has 2 aromatic carbocycles. The van der Waals surface area contributed by atoms with Crippen molar-refractivity contribution >= 4 is 0 Å². The van der Waals surface area contributed by atoms with Crippen LogP contribution in [-0.2, 0) is 17.8 Å². The van der Waals surface area contributed by atoms with E-state index in [4.69, 9.17) is 4.74 Å². The zero-order valence-electron chi connectivity index (χ0n) is 20.0. The van der Waals surface area contributed by atoms with Crippen LogP contribution in [0.3, 0.4) is 0 Å². The highest BCUT2D eigenvalue weighted by Crippen LogP contribution is 2.62. The molecule has 2 aromatic rings. The van der Waals surface area contributed by atoms with Crippen LogP contribution in [0.4, 0.5) is 0 Å². The van der Waals surface area contributed by atoms with Crippen LogP contribution < -0.4 is 0 Å². The Balaban J connectivity index is 1.26. The standard InChI is InChI=1S/C30H41NO/c1-29(32-20-15-25-13-8-14-25)16-17-30(18-19-30)28(21-29)24-31(22-26-9-4-2-5-10-26)23-27-11-6-3-7-12-27/h2-7,9-12,25,28H,8,13-24H2,1H3. The third-order valence-corrected chi connectivity index (χ3v) is 8.77. The minimum Gasteiger partial charge on any atom is -0.375 e. The Hall–Kier alpha value is -1.64. The minimum atomic E-state index is 0.0768. The molecule has 3 aliphatic carbocycles. The lowest BCUT2D eigenvalue weighted by Crippen LogP contribution is -2.44. The van der Waals surface area contributed by atoms with Crippen molar-refractivity contribution in [3.8, 4) is 0 Å². The molecule has 0 aromatic heterocycles. The molecule has 0 saturated heterocycles. The first-order chi connectivity index (χ1) is 15.6. The zero-order valence-corrected chi connectivity index (χ0v) is 20.0. The third-order valence-electron chi connectivity index (χ3n) is 8.77. The van der Waals surface area contributed by atoms with E-state index in [2.05, 4.69) is 72.5 Å². The molecule has 0 amide bonds. The molecule has 2 heteroatoms. The first kappa shape index (κ1) is 22.2. The molecule has 3 fully saturated rings. The van der Waals surface area contributed by atoms with E-state index in [0.717, 1.165) is 31.5 Å². The monoisotopic (exact) mass is 431 g/mol. The van der Waals surface area contributed by atoms with Crippen LogP contribution in [0.5, 0.6) is 0 Å². The van der Waals surface area contributed by atoms with Crippen LogP contribution in [0.1, 0.15) is 75.8 Å². The molecule has 32 heavy (non-hydrogen) atoms. The zero-order chi connectivity index (χ0) is 21.9. The fourth-order valence-corrected chi connectivity index (χ4v) is 6.20. The lowest BCUT2D eigenvalue weighted by molar-refractivity contribution is -0.0958. The largest absolute Gasteiger partial charge is 0.375 e. The molecule has 3 aliphatic rings. The molecule has 5 rings (SSSR count). The maximum atomic E-state index is 6.63. The van der Waals surface area contributed by atoms with E-state index >= 15 is 0 Å². The Kier molecular flexibility index (Phi) is 6.71. The van der Waals surface area contributed by atoms with Crippen molar-refractivity contribution in [1.29, 1.82) is 0 Å². The normalized spacial score (nSPS) is 26.9. The highest BCUT2D eigenvalue weighted by atomic mass is 16.5. The summed E-state index contributed by atoms with van der Waals surface area (Å²) in [5.41, 5.74) is 3.52. The van der Waals surface area contributed by atoms with Gasteiger partial charge in [0.1, 0.15) is 0 Å².